The molecule has 37 heavy (non-hydrogen) atoms. The highest BCUT2D eigenvalue weighted by Gasteiger charge is 2.29. The molecule has 0 heterocycles. The highest BCUT2D eigenvalue weighted by Crippen LogP contribution is 2.28. The Bertz CT molecular complexity index is 1170. The average molecular weight is 571 g/mol. The molecule has 0 saturated carbocycles. The van der Waals surface area contributed by atoms with Crippen LogP contribution in [0, 0.1) is 12.8 Å². The number of sulfonamides is 1. The zero-order valence-corrected chi connectivity index (χ0v) is 24.5. The minimum absolute atomic E-state index is 0.0766. The molecule has 0 saturated heterocycles. The predicted molar refractivity (Wildman–Crippen MR) is 152 cm³/mol. The first-order valence-corrected chi connectivity index (χ1v) is 15.0. The van der Waals surface area contributed by atoms with Gasteiger partial charge in [0, 0.05) is 36.1 Å². The monoisotopic (exact) mass is 569 g/mol. The Hall–Kier alpha value is -2.29. The Morgan fingerprint density at radius 2 is 1.70 bits per heavy atom. The Morgan fingerprint density at radius 1 is 1.05 bits per heavy atom. The van der Waals surface area contributed by atoms with Crippen LogP contribution >= 0.6 is 23.2 Å². The summed E-state index contributed by atoms with van der Waals surface area (Å²) >= 11 is 12.2. The third-order valence-corrected chi connectivity index (χ3v) is 7.84. The number of nitrogens with zero attached hydrogens (tertiary/aromatic N) is 2. The van der Waals surface area contributed by atoms with Crippen molar-refractivity contribution >= 4 is 50.7 Å². The largest absolute Gasteiger partial charge is 0.354 e. The molecule has 10 heteroatoms. The van der Waals surface area contributed by atoms with Crippen molar-refractivity contribution in [2.45, 2.75) is 59.5 Å². The van der Waals surface area contributed by atoms with E-state index in [1.807, 2.05) is 32.9 Å². The molecule has 0 bridgehead atoms. The number of nitrogens with one attached hydrogen (secondary N) is 1. The van der Waals surface area contributed by atoms with Gasteiger partial charge in [-0.15, -0.1) is 0 Å². The van der Waals surface area contributed by atoms with Crippen molar-refractivity contribution in [3.8, 4) is 0 Å². The standard InChI is InChI=1S/C27H37Cl2N3O4S/c1-6-24(27(34)30-17-19(2)3)31(18-21-12-14-22(28)15-13-21)26(33)11-8-16-32(37(5,35)36)25-10-7-9-23(29)20(25)4/h7,9-10,12-15,19,24H,6,8,11,16-18H2,1-5H3,(H,30,34)/t24-/m1/s1. The van der Waals surface area contributed by atoms with Crippen LogP contribution in [-0.2, 0) is 26.2 Å². The van der Waals surface area contributed by atoms with Crippen LogP contribution in [0.15, 0.2) is 42.5 Å². The van der Waals surface area contributed by atoms with Crippen LogP contribution in [0.25, 0.3) is 0 Å². The van der Waals surface area contributed by atoms with Crippen LogP contribution in [0.2, 0.25) is 10.0 Å². The first-order chi connectivity index (χ1) is 17.3. The summed E-state index contributed by atoms with van der Waals surface area (Å²) in [5.74, 6) is -0.151. The summed E-state index contributed by atoms with van der Waals surface area (Å²) in [7, 11) is -3.60. The van der Waals surface area contributed by atoms with Crippen molar-refractivity contribution in [3.05, 3.63) is 63.6 Å². The number of benzene rings is 2. The summed E-state index contributed by atoms with van der Waals surface area (Å²) in [5, 5.41) is 3.99. The van der Waals surface area contributed by atoms with E-state index in [1.54, 1.807) is 42.2 Å². The van der Waals surface area contributed by atoms with Gasteiger partial charge in [-0.2, -0.15) is 0 Å². The van der Waals surface area contributed by atoms with E-state index in [4.69, 9.17) is 23.2 Å². The molecular weight excluding hydrogens is 533 g/mol. The molecule has 0 radical (unpaired) electrons. The lowest BCUT2D eigenvalue weighted by Gasteiger charge is -2.31. The van der Waals surface area contributed by atoms with Crippen molar-refractivity contribution in [2.75, 3.05) is 23.7 Å². The van der Waals surface area contributed by atoms with E-state index >= 15 is 0 Å². The van der Waals surface area contributed by atoms with Gasteiger partial charge in [-0.3, -0.25) is 13.9 Å². The fourth-order valence-corrected chi connectivity index (χ4v) is 5.29. The van der Waals surface area contributed by atoms with Crippen LogP contribution in [0.1, 0.15) is 51.2 Å². The summed E-state index contributed by atoms with van der Waals surface area (Å²) in [5.41, 5.74) is 1.98. The molecule has 2 amide bonds. The third-order valence-electron chi connectivity index (χ3n) is 6.00. The molecule has 1 atom stereocenters. The number of amides is 2. The zero-order valence-electron chi connectivity index (χ0n) is 22.1. The molecule has 1 N–H and O–H groups in total. The minimum atomic E-state index is -3.60. The summed E-state index contributed by atoms with van der Waals surface area (Å²) in [6.07, 6.45) is 1.93. The third kappa shape index (κ3) is 9.20. The van der Waals surface area contributed by atoms with Gasteiger partial charge in [-0.1, -0.05) is 62.2 Å². The fraction of sp³-hybridized carbons (Fsp3) is 0.481. The van der Waals surface area contributed by atoms with Crippen LogP contribution < -0.4 is 9.62 Å². The van der Waals surface area contributed by atoms with Gasteiger partial charge in [0.15, 0.2) is 0 Å². The number of rotatable bonds is 13. The zero-order chi connectivity index (χ0) is 27.8. The van der Waals surface area contributed by atoms with Crippen LogP contribution in [-0.4, -0.2) is 50.5 Å². The van der Waals surface area contributed by atoms with Gasteiger partial charge in [-0.05, 0) is 61.1 Å². The minimum Gasteiger partial charge on any atom is -0.354 e. The van der Waals surface area contributed by atoms with E-state index < -0.39 is 16.1 Å². The summed E-state index contributed by atoms with van der Waals surface area (Å²) in [6, 6.07) is 11.6. The van der Waals surface area contributed by atoms with E-state index in [1.165, 1.54) is 4.31 Å². The van der Waals surface area contributed by atoms with Gasteiger partial charge < -0.3 is 10.2 Å². The molecule has 2 aromatic rings. The topological polar surface area (TPSA) is 86.8 Å². The second-order valence-corrected chi connectivity index (χ2v) is 12.3. The van der Waals surface area contributed by atoms with Crippen molar-refractivity contribution in [3.63, 3.8) is 0 Å². The molecule has 7 nitrogen and oxygen atoms in total. The van der Waals surface area contributed by atoms with E-state index in [0.29, 0.717) is 34.3 Å². The Morgan fingerprint density at radius 3 is 2.27 bits per heavy atom. The molecular formula is C27H37Cl2N3O4S. The van der Waals surface area contributed by atoms with Crippen molar-refractivity contribution in [1.82, 2.24) is 10.2 Å². The second-order valence-electron chi connectivity index (χ2n) is 9.53. The van der Waals surface area contributed by atoms with Crippen LogP contribution in [0.5, 0.6) is 0 Å². The van der Waals surface area contributed by atoms with Crippen molar-refractivity contribution in [1.29, 1.82) is 0 Å². The maximum absolute atomic E-state index is 13.5. The Balaban J connectivity index is 2.24. The van der Waals surface area contributed by atoms with E-state index in [9.17, 15) is 18.0 Å². The molecule has 0 unspecified atom stereocenters. The van der Waals surface area contributed by atoms with Gasteiger partial charge >= 0.3 is 0 Å². The number of hydrogen-bond acceptors (Lipinski definition) is 4. The van der Waals surface area contributed by atoms with E-state index in [0.717, 1.165) is 11.8 Å². The first kappa shape index (κ1) is 30.9. The number of carbonyl (C=O) groups excluding carboxylic acids is 2. The SMILES string of the molecule is CC[C@H](C(=O)NCC(C)C)N(Cc1ccc(Cl)cc1)C(=O)CCCN(c1cccc(Cl)c1C)S(C)(=O)=O. The first-order valence-electron chi connectivity index (χ1n) is 12.4. The van der Waals surface area contributed by atoms with Crippen molar-refractivity contribution in [2.24, 2.45) is 5.92 Å². The molecule has 2 rings (SSSR count). The quantitative estimate of drug-likeness (QED) is 0.348. The van der Waals surface area contributed by atoms with E-state index in [2.05, 4.69) is 5.32 Å². The molecule has 0 aliphatic rings. The highest BCUT2D eigenvalue weighted by molar-refractivity contribution is 7.92. The summed E-state index contributed by atoms with van der Waals surface area (Å²) in [4.78, 5) is 28.1. The number of anilines is 1. The van der Waals surface area contributed by atoms with Gasteiger partial charge in [0.2, 0.25) is 21.8 Å². The van der Waals surface area contributed by atoms with Gasteiger partial charge in [0.25, 0.3) is 0 Å². The molecule has 0 spiro atoms. The highest BCUT2D eigenvalue weighted by atomic mass is 35.5. The fourth-order valence-electron chi connectivity index (χ4n) is 3.98. The maximum Gasteiger partial charge on any atom is 0.242 e. The lowest BCUT2D eigenvalue weighted by Crippen LogP contribution is -2.49. The van der Waals surface area contributed by atoms with Gasteiger partial charge in [-0.25, -0.2) is 8.42 Å². The number of carbonyl (C=O) groups is 2. The molecule has 204 valence electrons. The maximum atomic E-state index is 13.5. The lowest BCUT2D eigenvalue weighted by molar-refractivity contribution is -0.141. The number of halogens is 2. The normalized spacial score (nSPS) is 12.3. The Kier molecular flexibility index (Phi) is 11.7. The Labute approximate surface area is 231 Å². The summed E-state index contributed by atoms with van der Waals surface area (Å²) in [6.45, 7) is 8.51. The smallest absolute Gasteiger partial charge is 0.242 e. The van der Waals surface area contributed by atoms with Crippen LogP contribution in [0.4, 0.5) is 5.69 Å². The van der Waals surface area contributed by atoms with Gasteiger partial charge in [0.05, 0.1) is 11.9 Å². The average Bonchev–Trinajstić information content (AvgIpc) is 2.82. The molecule has 0 aliphatic carbocycles. The molecule has 0 fully saturated rings. The summed E-state index contributed by atoms with van der Waals surface area (Å²) < 4.78 is 26.4. The lowest BCUT2D eigenvalue weighted by atomic mass is 10.1. The van der Waals surface area contributed by atoms with Crippen molar-refractivity contribution < 1.29 is 18.0 Å². The van der Waals surface area contributed by atoms with E-state index in [-0.39, 0.29) is 43.7 Å². The second kappa shape index (κ2) is 14.0. The molecule has 0 aromatic heterocycles. The number of hydrogen-bond donors (Lipinski definition) is 1. The predicted octanol–water partition coefficient (Wildman–Crippen LogP) is 5.43. The van der Waals surface area contributed by atoms with Crippen LogP contribution in [0.3, 0.4) is 0 Å². The molecule has 0 aliphatic heterocycles. The molecule has 2 aromatic carbocycles. The van der Waals surface area contributed by atoms with Gasteiger partial charge in [0.1, 0.15) is 6.04 Å².